The second-order valence-corrected chi connectivity index (χ2v) is 6.32. The molecule has 0 atom stereocenters. The van der Waals surface area contributed by atoms with Crippen LogP contribution in [0.4, 0.5) is 8.78 Å². The first-order valence-corrected chi connectivity index (χ1v) is 9.15. The summed E-state index contributed by atoms with van der Waals surface area (Å²) in [6.45, 7) is 3.86. The number of aromatic nitrogens is 2. The zero-order valence-corrected chi connectivity index (χ0v) is 15.7. The fourth-order valence-electron chi connectivity index (χ4n) is 2.71. The molecule has 0 fully saturated rings. The van der Waals surface area contributed by atoms with E-state index in [1.54, 1.807) is 6.20 Å². The summed E-state index contributed by atoms with van der Waals surface area (Å²) in [7, 11) is 0. The molecule has 0 spiro atoms. The van der Waals surface area contributed by atoms with Crippen LogP contribution in [-0.4, -0.2) is 22.3 Å². The van der Waals surface area contributed by atoms with Gasteiger partial charge in [0.2, 0.25) is 0 Å². The van der Waals surface area contributed by atoms with Crippen molar-refractivity contribution in [2.75, 3.05) is 6.54 Å². The number of aliphatic imine (C=N–C) groups is 1. The molecule has 3 rings (SSSR count). The lowest BCUT2D eigenvalue weighted by molar-refractivity contribution is 0.581. The van der Waals surface area contributed by atoms with Gasteiger partial charge in [-0.3, -0.25) is 4.68 Å². The van der Waals surface area contributed by atoms with Crippen molar-refractivity contribution in [2.45, 2.75) is 26.6 Å². The van der Waals surface area contributed by atoms with Crippen molar-refractivity contribution in [3.63, 3.8) is 0 Å². The molecule has 5 nitrogen and oxygen atoms in total. The Morgan fingerprint density at radius 1 is 1.07 bits per heavy atom. The van der Waals surface area contributed by atoms with Gasteiger partial charge in [0.15, 0.2) is 5.96 Å². The smallest absolute Gasteiger partial charge is 0.191 e. The second kappa shape index (κ2) is 9.64. The van der Waals surface area contributed by atoms with Crippen LogP contribution < -0.4 is 10.6 Å². The van der Waals surface area contributed by atoms with Crippen molar-refractivity contribution in [3.05, 3.63) is 89.2 Å². The van der Waals surface area contributed by atoms with Crippen LogP contribution in [0.25, 0.3) is 0 Å². The lowest BCUT2D eigenvalue weighted by Gasteiger charge is -2.11. The first kappa shape index (κ1) is 19.5. The average molecular weight is 383 g/mol. The number of hydrogen-bond donors (Lipinski definition) is 2. The first-order valence-electron chi connectivity index (χ1n) is 9.15. The largest absolute Gasteiger partial charge is 0.357 e. The minimum absolute atomic E-state index is 0.142. The molecule has 3 aromatic rings. The van der Waals surface area contributed by atoms with Gasteiger partial charge < -0.3 is 10.6 Å². The molecular formula is C21H23F2N5. The zero-order valence-electron chi connectivity index (χ0n) is 15.7. The highest BCUT2D eigenvalue weighted by Gasteiger charge is 2.06. The third-order valence-corrected chi connectivity index (χ3v) is 4.09. The molecule has 2 N–H and O–H groups in total. The van der Waals surface area contributed by atoms with Crippen LogP contribution in [0.15, 0.2) is 65.9 Å². The van der Waals surface area contributed by atoms with Crippen molar-refractivity contribution < 1.29 is 8.78 Å². The molecular weight excluding hydrogens is 360 g/mol. The highest BCUT2D eigenvalue weighted by molar-refractivity contribution is 5.79. The Hall–Kier alpha value is -3.22. The highest BCUT2D eigenvalue weighted by atomic mass is 19.1. The monoisotopic (exact) mass is 383 g/mol. The fraction of sp³-hybridized carbons (Fsp3) is 0.238. The van der Waals surface area contributed by atoms with E-state index < -0.39 is 11.6 Å². The van der Waals surface area contributed by atoms with Crippen LogP contribution in [-0.2, 0) is 19.6 Å². The third kappa shape index (κ3) is 5.64. The molecule has 0 radical (unpaired) electrons. The van der Waals surface area contributed by atoms with Gasteiger partial charge in [-0.05, 0) is 30.7 Å². The summed E-state index contributed by atoms with van der Waals surface area (Å²) >= 11 is 0. The highest BCUT2D eigenvalue weighted by Crippen LogP contribution is 2.09. The van der Waals surface area contributed by atoms with Gasteiger partial charge in [0.05, 0.1) is 19.3 Å². The Kier molecular flexibility index (Phi) is 6.73. The Labute approximate surface area is 163 Å². The molecule has 2 aromatic carbocycles. The van der Waals surface area contributed by atoms with Crippen LogP contribution >= 0.6 is 0 Å². The quantitative estimate of drug-likeness (QED) is 0.485. The molecule has 7 heteroatoms. The Morgan fingerprint density at radius 3 is 2.68 bits per heavy atom. The number of guanidine groups is 1. The summed E-state index contributed by atoms with van der Waals surface area (Å²) in [5.74, 6) is -0.389. The van der Waals surface area contributed by atoms with Crippen molar-refractivity contribution in [1.29, 1.82) is 0 Å². The summed E-state index contributed by atoms with van der Waals surface area (Å²) in [6, 6.07) is 13.5. The summed E-state index contributed by atoms with van der Waals surface area (Å²) in [6.07, 6.45) is 3.73. The van der Waals surface area contributed by atoms with Gasteiger partial charge in [-0.1, -0.05) is 30.3 Å². The SMILES string of the molecule is CCNC(=NCc1cnn(Cc2ccccc2)c1)NCc1cc(F)ccc1F. The average Bonchev–Trinajstić information content (AvgIpc) is 3.14. The fourth-order valence-corrected chi connectivity index (χ4v) is 2.71. The number of nitrogens with zero attached hydrogens (tertiary/aromatic N) is 3. The topological polar surface area (TPSA) is 54.2 Å². The lowest BCUT2D eigenvalue weighted by atomic mass is 10.2. The molecule has 0 unspecified atom stereocenters. The lowest BCUT2D eigenvalue weighted by Crippen LogP contribution is -2.37. The molecule has 0 bridgehead atoms. The van der Waals surface area contributed by atoms with Crippen LogP contribution in [0.3, 0.4) is 0 Å². The van der Waals surface area contributed by atoms with E-state index in [4.69, 9.17) is 0 Å². The van der Waals surface area contributed by atoms with E-state index in [-0.39, 0.29) is 12.1 Å². The van der Waals surface area contributed by atoms with Crippen LogP contribution in [0.5, 0.6) is 0 Å². The number of benzene rings is 2. The standard InChI is InChI=1S/C21H23F2N5/c1-2-24-21(26-13-18-10-19(22)8-9-20(18)23)25-11-17-12-27-28(15-17)14-16-6-4-3-5-7-16/h3-10,12,15H,2,11,13-14H2,1H3,(H2,24,25,26). The molecule has 0 amide bonds. The Bertz CT molecular complexity index is 922. The van der Waals surface area contributed by atoms with Crippen molar-refractivity contribution in [2.24, 2.45) is 4.99 Å². The second-order valence-electron chi connectivity index (χ2n) is 6.32. The predicted octanol–water partition coefficient (Wildman–Crippen LogP) is 3.46. The van der Waals surface area contributed by atoms with Crippen molar-refractivity contribution >= 4 is 5.96 Å². The molecule has 0 aliphatic heterocycles. The summed E-state index contributed by atoms with van der Waals surface area (Å²) in [4.78, 5) is 4.50. The summed E-state index contributed by atoms with van der Waals surface area (Å²) in [5, 5.41) is 10.5. The summed E-state index contributed by atoms with van der Waals surface area (Å²) < 4.78 is 28.9. The molecule has 1 heterocycles. The van der Waals surface area contributed by atoms with Crippen molar-refractivity contribution in [3.8, 4) is 0 Å². The van der Waals surface area contributed by atoms with Gasteiger partial charge in [-0.25, -0.2) is 13.8 Å². The normalized spacial score (nSPS) is 11.5. The maximum absolute atomic E-state index is 13.8. The van der Waals surface area contributed by atoms with Crippen LogP contribution in [0, 0.1) is 11.6 Å². The van der Waals surface area contributed by atoms with E-state index in [2.05, 4.69) is 32.9 Å². The number of rotatable bonds is 7. The van der Waals surface area contributed by atoms with Crippen molar-refractivity contribution in [1.82, 2.24) is 20.4 Å². The van der Waals surface area contributed by atoms with E-state index >= 15 is 0 Å². The number of nitrogens with one attached hydrogen (secondary N) is 2. The minimum Gasteiger partial charge on any atom is -0.357 e. The molecule has 1 aromatic heterocycles. The Balaban J connectivity index is 1.60. The minimum atomic E-state index is -0.467. The van der Waals surface area contributed by atoms with Gasteiger partial charge in [0, 0.05) is 30.4 Å². The first-order chi connectivity index (χ1) is 13.6. The van der Waals surface area contributed by atoms with Gasteiger partial charge in [0.1, 0.15) is 11.6 Å². The maximum Gasteiger partial charge on any atom is 0.191 e. The van der Waals surface area contributed by atoms with Crippen LogP contribution in [0.2, 0.25) is 0 Å². The van der Waals surface area contributed by atoms with E-state index in [1.165, 1.54) is 11.6 Å². The number of hydrogen-bond acceptors (Lipinski definition) is 2. The summed E-state index contributed by atoms with van der Waals surface area (Å²) in [5.41, 5.74) is 2.39. The van der Waals surface area contributed by atoms with E-state index in [1.807, 2.05) is 36.0 Å². The maximum atomic E-state index is 13.8. The molecule has 0 aliphatic rings. The van der Waals surface area contributed by atoms with E-state index in [0.29, 0.717) is 25.6 Å². The molecule has 0 aliphatic carbocycles. The van der Waals surface area contributed by atoms with Gasteiger partial charge in [0.25, 0.3) is 0 Å². The Morgan fingerprint density at radius 2 is 1.89 bits per heavy atom. The molecule has 0 saturated carbocycles. The van der Waals surface area contributed by atoms with Crippen LogP contribution in [0.1, 0.15) is 23.6 Å². The van der Waals surface area contributed by atoms with Gasteiger partial charge in [-0.15, -0.1) is 0 Å². The zero-order chi connectivity index (χ0) is 19.8. The van der Waals surface area contributed by atoms with Gasteiger partial charge in [-0.2, -0.15) is 5.10 Å². The molecule has 28 heavy (non-hydrogen) atoms. The molecule has 146 valence electrons. The van der Waals surface area contributed by atoms with E-state index in [0.717, 1.165) is 17.7 Å². The third-order valence-electron chi connectivity index (χ3n) is 4.09. The number of halogens is 2. The predicted molar refractivity (Wildman–Crippen MR) is 106 cm³/mol. The molecule has 0 saturated heterocycles. The van der Waals surface area contributed by atoms with E-state index in [9.17, 15) is 8.78 Å². The van der Waals surface area contributed by atoms with Gasteiger partial charge >= 0.3 is 0 Å².